The quantitative estimate of drug-likeness (QED) is 0.466. The Kier molecular flexibility index (Phi) is 4.63. The van der Waals surface area contributed by atoms with Gasteiger partial charge in [-0.15, -0.1) is 0 Å². The topological polar surface area (TPSA) is 98.7 Å². The average molecular weight is 242 g/mol. The van der Waals surface area contributed by atoms with Gasteiger partial charge in [0.25, 0.3) is 0 Å². The first-order valence-corrected chi connectivity index (χ1v) is 5.09. The van der Waals surface area contributed by atoms with Crippen molar-refractivity contribution < 1.29 is 15.3 Å². The van der Waals surface area contributed by atoms with Crippen LogP contribution in [0.2, 0.25) is 0 Å². The third-order valence-corrected chi connectivity index (χ3v) is 2.19. The molecule has 0 heterocycles. The molecule has 0 fully saturated rings. The first kappa shape index (κ1) is 12.9. The van der Waals surface area contributed by atoms with E-state index in [1.165, 1.54) is 0 Å². The maximum Gasteiger partial charge on any atom is 0.168 e. The number of hydrogen-bond donors (Lipinski definition) is 5. The molecule has 6 N–H and O–H groups in total. The summed E-state index contributed by atoms with van der Waals surface area (Å²) in [6, 6.07) is 6.72. The lowest BCUT2D eigenvalue weighted by Crippen LogP contribution is -2.25. The molecular formula is C10H14N2O3S. The minimum Gasteiger partial charge on any atom is -0.394 e. The third kappa shape index (κ3) is 3.14. The van der Waals surface area contributed by atoms with Crippen LogP contribution in [0.1, 0.15) is 11.7 Å². The number of para-hydroxylation sites is 1. The van der Waals surface area contributed by atoms with E-state index in [0.29, 0.717) is 11.3 Å². The van der Waals surface area contributed by atoms with Crippen molar-refractivity contribution in [2.24, 2.45) is 5.73 Å². The first-order chi connectivity index (χ1) is 7.56. The first-order valence-electron chi connectivity index (χ1n) is 4.68. The monoisotopic (exact) mass is 242 g/mol. The predicted molar refractivity (Wildman–Crippen MR) is 64.9 cm³/mol. The van der Waals surface area contributed by atoms with Crippen LogP contribution in [0.25, 0.3) is 0 Å². The molecule has 0 radical (unpaired) electrons. The number of nitrogens with two attached hydrogens (primary N) is 1. The largest absolute Gasteiger partial charge is 0.394 e. The summed E-state index contributed by atoms with van der Waals surface area (Å²) in [6.45, 7) is -0.525. The highest BCUT2D eigenvalue weighted by Crippen LogP contribution is 2.24. The Bertz CT molecular complexity index is 373. The van der Waals surface area contributed by atoms with Gasteiger partial charge in [-0.2, -0.15) is 0 Å². The van der Waals surface area contributed by atoms with Crippen molar-refractivity contribution >= 4 is 23.0 Å². The number of aliphatic hydroxyl groups is 3. The van der Waals surface area contributed by atoms with E-state index in [0.717, 1.165) is 0 Å². The number of anilines is 1. The zero-order valence-corrected chi connectivity index (χ0v) is 9.31. The number of aliphatic hydroxyl groups excluding tert-OH is 3. The van der Waals surface area contributed by atoms with Gasteiger partial charge in [0, 0.05) is 11.3 Å². The van der Waals surface area contributed by atoms with Crippen LogP contribution in [0.4, 0.5) is 5.69 Å². The highest BCUT2D eigenvalue weighted by atomic mass is 32.1. The van der Waals surface area contributed by atoms with Gasteiger partial charge in [-0.3, -0.25) is 0 Å². The van der Waals surface area contributed by atoms with E-state index in [2.05, 4.69) is 5.32 Å². The van der Waals surface area contributed by atoms with Crippen LogP contribution in [-0.4, -0.2) is 33.1 Å². The summed E-state index contributed by atoms with van der Waals surface area (Å²) in [7, 11) is 0. The Morgan fingerprint density at radius 3 is 2.56 bits per heavy atom. The summed E-state index contributed by atoms with van der Waals surface area (Å²) in [4.78, 5) is 0. The molecular weight excluding hydrogens is 228 g/mol. The van der Waals surface area contributed by atoms with Gasteiger partial charge in [-0.1, -0.05) is 18.2 Å². The minimum absolute atomic E-state index is 0.0677. The van der Waals surface area contributed by atoms with E-state index in [1.807, 2.05) is 0 Å². The Labute approximate surface area is 98.5 Å². The van der Waals surface area contributed by atoms with Gasteiger partial charge in [0.1, 0.15) is 12.2 Å². The van der Waals surface area contributed by atoms with Crippen LogP contribution in [0.15, 0.2) is 24.3 Å². The van der Waals surface area contributed by atoms with Gasteiger partial charge in [0.15, 0.2) is 5.11 Å². The maximum absolute atomic E-state index is 9.75. The van der Waals surface area contributed by atoms with E-state index in [1.54, 1.807) is 24.3 Å². The van der Waals surface area contributed by atoms with E-state index in [9.17, 15) is 10.2 Å². The number of thiocarbonyl (C=S) groups is 1. The highest BCUT2D eigenvalue weighted by molar-refractivity contribution is 7.80. The molecule has 0 aliphatic rings. The van der Waals surface area contributed by atoms with Gasteiger partial charge in [-0.05, 0) is 18.3 Å². The van der Waals surface area contributed by atoms with Crippen LogP contribution in [-0.2, 0) is 0 Å². The Hall–Kier alpha value is -1.21. The standard InChI is InChI=1S/C10H14N2O3S/c11-10(16)12-7-4-2-1-3-6(7)9(15)8(14)5-13/h1-4,8-9,13-15H,5H2,(H3,11,12,16). The maximum atomic E-state index is 9.75. The Balaban J connectivity index is 2.98. The van der Waals surface area contributed by atoms with Crippen LogP contribution < -0.4 is 11.1 Å². The fourth-order valence-electron chi connectivity index (χ4n) is 1.31. The molecule has 0 aliphatic heterocycles. The zero-order chi connectivity index (χ0) is 12.1. The second kappa shape index (κ2) is 5.76. The van der Waals surface area contributed by atoms with Gasteiger partial charge < -0.3 is 26.4 Å². The molecule has 16 heavy (non-hydrogen) atoms. The van der Waals surface area contributed by atoms with Gasteiger partial charge >= 0.3 is 0 Å². The van der Waals surface area contributed by atoms with E-state index in [-0.39, 0.29) is 5.11 Å². The van der Waals surface area contributed by atoms with Crippen molar-refractivity contribution in [3.05, 3.63) is 29.8 Å². The molecule has 0 aliphatic carbocycles. The third-order valence-electron chi connectivity index (χ3n) is 2.09. The average Bonchev–Trinajstić information content (AvgIpc) is 2.27. The van der Waals surface area contributed by atoms with Crippen LogP contribution >= 0.6 is 12.2 Å². The predicted octanol–water partition coefficient (Wildman–Crippen LogP) is -0.271. The van der Waals surface area contributed by atoms with Gasteiger partial charge in [-0.25, -0.2) is 0 Å². The molecule has 0 aromatic heterocycles. The molecule has 88 valence electrons. The SMILES string of the molecule is NC(=S)Nc1ccccc1C(O)C(O)CO. The molecule has 5 nitrogen and oxygen atoms in total. The molecule has 1 aromatic rings. The second-order valence-electron chi connectivity index (χ2n) is 3.27. The zero-order valence-electron chi connectivity index (χ0n) is 8.50. The lowest BCUT2D eigenvalue weighted by molar-refractivity contribution is -0.0149. The van der Waals surface area contributed by atoms with Gasteiger partial charge in [0.2, 0.25) is 0 Å². The molecule has 0 saturated heterocycles. The number of benzene rings is 1. The Morgan fingerprint density at radius 1 is 1.38 bits per heavy atom. The highest BCUT2D eigenvalue weighted by Gasteiger charge is 2.20. The van der Waals surface area contributed by atoms with Crippen LogP contribution in [0, 0.1) is 0 Å². The Morgan fingerprint density at radius 2 is 2.00 bits per heavy atom. The molecule has 0 spiro atoms. The molecule has 0 bridgehead atoms. The van der Waals surface area contributed by atoms with Crippen molar-refractivity contribution in [3.63, 3.8) is 0 Å². The van der Waals surface area contributed by atoms with E-state index >= 15 is 0 Å². The molecule has 6 heteroatoms. The molecule has 2 atom stereocenters. The lowest BCUT2D eigenvalue weighted by atomic mass is 10.0. The minimum atomic E-state index is -1.24. The number of rotatable bonds is 4. The summed E-state index contributed by atoms with van der Waals surface area (Å²) in [6.07, 6.45) is -2.43. The van der Waals surface area contributed by atoms with E-state index in [4.69, 9.17) is 23.1 Å². The molecule has 1 rings (SSSR count). The molecule has 0 saturated carbocycles. The normalized spacial score (nSPS) is 14.2. The van der Waals surface area contributed by atoms with Crippen LogP contribution in [0.3, 0.4) is 0 Å². The van der Waals surface area contributed by atoms with Crippen molar-refractivity contribution in [2.45, 2.75) is 12.2 Å². The van der Waals surface area contributed by atoms with Crippen molar-refractivity contribution in [3.8, 4) is 0 Å². The van der Waals surface area contributed by atoms with Crippen molar-refractivity contribution in [1.82, 2.24) is 0 Å². The summed E-state index contributed by atoms with van der Waals surface area (Å²) in [5.74, 6) is 0. The molecule has 1 aromatic carbocycles. The fourth-order valence-corrected chi connectivity index (χ4v) is 1.42. The summed E-state index contributed by atoms with van der Waals surface area (Å²) in [5.41, 5.74) is 6.27. The summed E-state index contributed by atoms with van der Waals surface area (Å²) < 4.78 is 0. The van der Waals surface area contributed by atoms with E-state index < -0.39 is 18.8 Å². The second-order valence-corrected chi connectivity index (χ2v) is 3.71. The number of nitrogens with one attached hydrogen (secondary N) is 1. The fraction of sp³-hybridized carbons (Fsp3) is 0.300. The smallest absolute Gasteiger partial charge is 0.168 e. The summed E-state index contributed by atoms with van der Waals surface area (Å²) in [5, 5.41) is 30.6. The summed E-state index contributed by atoms with van der Waals surface area (Å²) >= 11 is 4.69. The van der Waals surface area contributed by atoms with Crippen molar-refractivity contribution in [1.29, 1.82) is 0 Å². The molecule has 0 amide bonds. The molecule has 2 unspecified atom stereocenters. The van der Waals surface area contributed by atoms with Crippen LogP contribution in [0.5, 0.6) is 0 Å². The van der Waals surface area contributed by atoms with Gasteiger partial charge in [0.05, 0.1) is 6.61 Å². The lowest BCUT2D eigenvalue weighted by Gasteiger charge is -2.19. The van der Waals surface area contributed by atoms with Crippen molar-refractivity contribution in [2.75, 3.05) is 11.9 Å². The number of hydrogen-bond acceptors (Lipinski definition) is 4.